The minimum atomic E-state index is 0.0462. The van der Waals surface area contributed by atoms with Crippen LogP contribution >= 0.6 is 0 Å². The van der Waals surface area contributed by atoms with Crippen LogP contribution in [0.1, 0.15) is 11.4 Å². The number of fused-ring (bicyclic) bond motifs is 1. The third kappa shape index (κ3) is 4.09. The number of nitrogens with zero attached hydrogens (tertiary/aromatic N) is 8. The predicted molar refractivity (Wildman–Crippen MR) is 105 cm³/mol. The summed E-state index contributed by atoms with van der Waals surface area (Å²) in [5, 5.41) is 4.31. The van der Waals surface area contributed by atoms with Crippen molar-refractivity contribution in [3.05, 3.63) is 48.2 Å². The molecule has 0 bridgehead atoms. The Bertz CT molecular complexity index is 911. The van der Waals surface area contributed by atoms with Crippen molar-refractivity contribution in [3.63, 3.8) is 0 Å². The lowest BCUT2D eigenvalue weighted by Gasteiger charge is -2.35. The second kappa shape index (κ2) is 7.89. The van der Waals surface area contributed by atoms with Crippen molar-refractivity contribution < 1.29 is 4.79 Å². The van der Waals surface area contributed by atoms with Gasteiger partial charge in [-0.15, -0.1) is 5.10 Å². The highest BCUT2D eigenvalue weighted by molar-refractivity contribution is 5.78. The van der Waals surface area contributed by atoms with Gasteiger partial charge in [-0.3, -0.25) is 4.79 Å². The van der Waals surface area contributed by atoms with Crippen LogP contribution in [0.4, 0.5) is 5.82 Å². The van der Waals surface area contributed by atoms with Gasteiger partial charge in [0.15, 0.2) is 5.82 Å². The summed E-state index contributed by atoms with van der Waals surface area (Å²) in [5.41, 5.74) is 1.19. The van der Waals surface area contributed by atoms with Crippen molar-refractivity contribution in [1.29, 1.82) is 0 Å². The summed E-state index contributed by atoms with van der Waals surface area (Å²) in [5.74, 6) is 2.02. The average molecular weight is 380 g/mol. The Labute approximate surface area is 163 Å². The van der Waals surface area contributed by atoms with Gasteiger partial charge in [0.25, 0.3) is 5.78 Å². The van der Waals surface area contributed by atoms with Crippen molar-refractivity contribution in [2.45, 2.75) is 13.0 Å². The van der Waals surface area contributed by atoms with Gasteiger partial charge >= 0.3 is 0 Å². The molecule has 1 saturated heterocycles. The van der Waals surface area contributed by atoms with Crippen molar-refractivity contribution in [2.75, 3.05) is 45.2 Å². The first kappa shape index (κ1) is 18.3. The normalized spacial score (nSPS) is 14.8. The molecule has 0 saturated carbocycles. The number of pyridine rings is 1. The van der Waals surface area contributed by atoms with Gasteiger partial charge in [0.1, 0.15) is 5.82 Å². The van der Waals surface area contributed by atoms with Crippen molar-refractivity contribution in [1.82, 2.24) is 34.4 Å². The first-order valence-electron chi connectivity index (χ1n) is 9.37. The lowest BCUT2D eigenvalue weighted by molar-refractivity contribution is -0.130. The molecule has 3 aromatic rings. The third-order valence-corrected chi connectivity index (χ3v) is 4.73. The summed E-state index contributed by atoms with van der Waals surface area (Å²) in [4.78, 5) is 31.8. The molecule has 0 atom stereocenters. The minimum absolute atomic E-state index is 0.0462. The fourth-order valence-electron chi connectivity index (χ4n) is 3.35. The number of carbonyl (C=O) groups is 1. The third-order valence-electron chi connectivity index (χ3n) is 4.73. The lowest BCUT2D eigenvalue weighted by atomic mass is 10.2. The summed E-state index contributed by atoms with van der Waals surface area (Å²) >= 11 is 0. The number of amides is 1. The summed E-state index contributed by atoms with van der Waals surface area (Å²) in [6, 6.07) is 5.96. The Hall–Kier alpha value is -3.07. The fourth-order valence-corrected chi connectivity index (χ4v) is 3.35. The molecule has 1 aliphatic rings. The van der Waals surface area contributed by atoms with E-state index in [-0.39, 0.29) is 12.3 Å². The van der Waals surface area contributed by atoms with Gasteiger partial charge in [-0.25, -0.2) is 14.5 Å². The van der Waals surface area contributed by atoms with Crippen LogP contribution in [-0.2, 0) is 17.8 Å². The summed E-state index contributed by atoms with van der Waals surface area (Å²) in [6.45, 7) is 3.76. The van der Waals surface area contributed by atoms with E-state index in [1.54, 1.807) is 23.0 Å². The van der Waals surface area contributed by atoms with Gasteiger partial charge in [-0.2, -0.15) is 4.98 Å². The highest BCUT2D eigenvalue weighted by Crippen LogP contribution is 2.15. The average Bonchev–Trinajstić information content (AvgIpc) is 3.10. The van der Waals surface area contributed by atoms with Crippen LogP contribution in [0.2, 0.25) is 0 Å². The van der Waals surface area contributed by atoms with Crippen LogP contribution in [0, 0.1) is 0 Å². The molecule has 1 fully saturated rings. The monoisotopic (exact) mass is 380 g/mol. The Balaban J connectivity index is 1.32. The zero-order valence-electron chi connectivity index (χ0n) is 16.2. The standard InChI is InChI=1S/C19H24N8O/c1-24(2)14-15-4-5-17(21-13-15)25-8-10-26(11-9-25)18(28)12-16-22-19-20-6-3-7-27(19)23-16/h3-7,13H,8-12,14H2,1-2H3. The van der Waals surface area contributed by atoms with Crippen molar-refractivity contribution >= 4 is 17.5 Å². The number of rotatable bonds is 5. The number of anilines is 1. The molecule has 0 aliphatic carbocycles. The molecule has 0 spiro atoms. The maximum atomic E-state index is 12.6. The van der Waals surface area contributed by atoms with E-state index in [0.717, 1.165) is 25.5 Å². The molecule has 9 heteroatoms. The molecule has 1 aliphatic heterocycles. The zero-order valence-corrected chi connectivity index (χ0v) is 16.2. The fraction of sp³-hybridized carbons (Fsp3) is 0.421. The minimum Gasteiger partial charge on any atom is -0.353 e. The van der Waals surface area contributed by atoms with Gasteiger partial charge in [-0.05, 0) is 31.8 Å². The molecule has 0 unspecified atom stereocenters. The highest BCUT2D eigenvalue weighted by atomic mass is 16.2. The van der Waals surface area contributed by atoms with E-state index in [0.29, 0.717) is 24.7 Å². The number of aromatic nitrogens is 5. The first-order chi connectivity index (χ1) is 13.6. The number of hydrogen-bond donors (Lipinski definition) is 0. The van der Waals surface area contributed by atoms with Crippen molar-refractivity contribution in [2.24, 2.45) is 0 Å². The van der Waals surface area contributed by atoms with Gasteiger partial charge in [-0.1, -0.05) is 6.07 Å². The summed E-state index contributed by atoms with van der Waals surface area (Å²) < 4.78 is 1.59. The molecule has 9 nitrogen and oxygen atoms in total. The molecule has 28 heavy (non-hydrogen) atoms. The molecule has 1 amide bonds. The SMILES string of the molecule is CN(C)Cc1ccc(N2CCN(C(=O)Cc3nc4ncccn4n3)CC2)nc1. The Morgan fingerprint density at radius 3 is 2.64 bits per heavy atom. The molecule has 4 heterocycles. The quantitative estimate of drug-likeness (QED) is 0.636. The van der Waals surface area contributed by atoms with Gasteiger partial charge < -0.3 is 14.7 Å². The Morgan fingerprint density at radius 1 is 1.14 bits per heavy atom. The zero-order chi connectivity index (χ0) is 19.5. The molecule has 0 radical (unpaired) electrons. The first-order valence-corrected chi connectivity index (χ1v) is 9.37. The Morgan fingerprint density at radius 2 is 1.96 bits per heavy atom. The van der Waals surface area contributed by atoms with Gasteiger partial charge in [0.05, 0.1) is 6.42 Å². The van der Waals surface area contributed by atoms with E-state index < -0.39 is 0 Å². The number of hydrogen-bond acceptors (Lipinski definition) is 7. The molecular weight excluding hydrogens is 356 g/mol. The topological polar surface area (TPSA) is 82.8 Å². The number of carbonyl (C=O) groups excluding carboxylic acids is 1. The van der Waals surface area contributed by atoms with E-state index in [4.69, 9.17) is 0 Å². The molecular formula is C19H24N8O. The maximum absolute atomic E-state index is 12.6. The predicted octanol–water partition coefficient (Wildman–Crippen LogP) is 0.472. The van der Waals surface area contributed by atoms with Crippen LogP contribution in [0.25, 0.3) is 5.78 Å². The van der Waals surface area contributed by atoms with Crippen LogP contribution < -0.4 is 4.90 Å². The van der Waals surface area contributed by atoms with E-state index in [1.165, 1.54) is 5.56 Å². The van der Waals surface area contributed by atoms with E-state index in [9.17, 15) is 4.79 Å². The summed E-state index contributed by atoms with van der Waals surface area (Å²) in [6.07, 6.45) is 5.56. The smallest absolute Gasteiger partial charge is 0.252 e. The van der Waals surface area contributed by atoms with E-state index >= 15 is 0 Å². The van der Waals surface area contributed by atoms with Crippen LogP contribution in [0.15, 0.2) is 36.8 Å². The molecule has 146 valence electrons. The second-order valence-corrected chi connectivity index (χ2v) is 7.20. The van der Waals surface area contributed by atoms with Gasteiger partial charge in [0, 0.05) is 51.3 Å². The van der Waals surface area contributed by atoms with Crippen LogP contribution in [0.3, 0.4) is 0 Å². The van der Waals surface area contributed by atoms with E-state index in [2.05, 4.69) is 42.0 Å². The maximum Gasteiger partial charge on any atom is 0.252 e. The second-order valence-electron chi connectivity index (χ2n) is 7.20. The lowest BCUT2D eigenvalue weighted by Crippen LogP contribution is -2.49. The number of piperazine rings is 1. The summed E-state index contributed by atoms with van der Waals surface area (Å²) in [7, 11) is 4.09. The van der Waals surface area contributed by atoms with Gasteiger partial charge in [0.2, 0.25) is 5.91 Å². The molecule has 4 rings (SSSR count). The van der Waals surface area contributed by atoms with E-state index in [1.807, 2.05) is 25.2 Å². The Kier molecular flexibility index (Phi) is 5.16. The molecule has 3 aromatic heterocycles. The molecule has 0 aromatic carbocycles. The highest BCUT2D eigenvalue weighted by Gasteiger charge is 2.23. The molecule has 0 N–H and O–H groups in total. The largest absolute Gasteiger partial charge is 0.353 e. The van der Waals surface area contributed by atoms with Crippen LogP contribution in [0.5, 0.6) is 0 Å². The van der Waals surface area contributed by atoms with Crippen LogP contribution in [-0.4, -0.2) is 80.5 Å². The van der Waals surface area contributed by atoms with Crippen molar-refractivity contribution in [3.8, 4) is 0 Å².